The number of nitrogens with zero attached hydrogens (tertiary/aromatic N) is 1. The lowest BCUT2D eigenvalue weighted by molar-refractivity contribution is -0.131. The van der Waals surface area contributed by atoms with Crippen molar-refractivity contribution in [2.75, 3.05) is 39.1 Å². The Balaban J connectivity index is 2.22. The summed E-state index contributed by atoms with van der Waals surface area (Å²) >= 11 is 11.7. The fraction of sp³-hybridized carbons (Fsp3) is 0.391. The van der Waals surface area contributed by atoms with E-state index in [1.807, 2.05) is 24.3 Å². The minimum Gasteiger partial charge on any atom is -0.497 e. The highest BCUT2D eigenvalue weighted by Gasteiger charge is 2.23. The summed E-state index contributed by atoms with van der Waals surface area (Å²) in [5, 5.41) is 0. The van der Waals surface area contributed by atoms with Crippen molar-refractivity contribution in [1.82, 2.24) is 4.90 Å². The number of hydrogen-bond acceptors (Lipinski definition) is 4. The van der Waals surface area contributed by atoms with Crippen LogP contribution < -0.4 is 9.47 Å². The number of alkyl halides is 2. The van der Waals surface area contributed by atoms with Crippen LogP contribution in [0.25, 0.3) is 0 Å². The van der Waals surface area contributed by atoms with Crippen LogP contribution in [0, 0.1) is 0 Å². The first-order chi connectivity index (χ1) is 14.5. The first-order valence-electron chi connectivity index (χ1n) is 9.73. The molecule has 1 unspecified atom stereocenters. The number of benzene rings is 2. The quantitative estimate of drug-likeness (QED) is 0.344. The molecule has 2 aromatic rings. The van der Waals surface area contributed by atoms with Crippen LogP contribution in [-0.4, -0.2) is 55.7 Å². The zero-order chi connectivity index (χ0) is 21.9. The van der Waals surface area contributed by atoms with E-state index in [0.29, 0.717) is 36.2 Å². The third-order valence-electron chi connectivity index (χ3n) is 4.91. The van der Waals surface area contributed by atoms with Gasteiger partial charge in [-0.2, -0.15) is 0 Å². The normalized spacial score (nSPS) is 11.6. The maximum Gasteiger partial charge on any atom is 0.223 e. The maximum atomic E-state index is 12.9. The summed E-state index contributed by atoms with van der Waals surface area (Å²) in [6.45, 7) is 0.851. The molecule has 1 atom stereocenters. The maximum absolute atomic E-state index is 12.9. The summed E-state index contributed by atoms with van der Waals surface area (Å²) in [5.74, 6) is 1.70. The van der Waals surface area contributed by atoms with Gasteiger partial charge in [-0.3, -0.25) is 9.59 Å². The average Bonchev–Trinajstić information content (AvgIpc) is 2.78. The first-order valence-corrected chi connectivity index (χ1v) is 10.8. The second-order valence-electron chi connectivity index (χ2n) is 6.79. The van der Waals surface area contributed by atoms with Gasteiger partial charge in [0, 0.05) is 43.3 Å². The van der Waals surface area contributed by atoms with Crippen molar-refractivity contribution in [2.24, 2.45) is 0 Å². The Hall–Kier alpha value is -2.24. The molecule has 2 rings (SSSR count). The number of carbonyl (C=O) groups excluding carboxylic acids is 2. The van der Waals surface area contributed by atoms with Crippen LogP contribution in [0.2, 0.25) is 0 Å². The van der Waals surface area contributed by atoms with Crippen LogP contribution in [0.1, 0.15) is 34.7 Å². The molecule has 0 heterocycles. The number of methoxy groups -OCH3 is 2. The van der Waals surface area contributed by atoms with Crippen LogP contribution in [0.4, 0.5) is 0 Å². The minimum atomic E-state index is -0.272. The summed E-state index contributed by atoms with van der Waals surface area (Å²) in [4.78, 5) is 27.5. The molecule has 0 aliphatic heterocycles. The Labute approximate surface area is 187 Å². The molecule has 162 valence electrons. The van der Waals surface area contributed by atoms with Gasteiger partial charge in [-0.1, -0.05) is 12.1 Å². The zero-order valence-corrected chi connectivity index (χ0v) is 18.8. The van der Waals surface area contributed by atoms with Crippen molar-refractivity contribution < 1.29 is 19.1 Å². The SMILES string of the molecule is COc1ccc(C(=O)CC(CC(=O)N(CCCl)CCCl)c2ccc(OC)cc2)cc1. The van der Waals surface area contributed by atoms with Gasteiger partial charge < -0.3 is 14.4 Å². The minimum absolute atomic E-state index is 0.0347. The summed E-state index contributed by atoms with van der Waals surface area (Å²) < 4.78 is 10.4. The Morgan fingerprint density at radius 3 is 1.80 bits per heavy atom. The molecule has 0 bridgehead atoms. The van der Waals surface area contributed by atoms with E-state index in [0.717, 1.165) is 11.3 Å². The number of halogens is 2. The molecule has 0 aliphatic rings. The van der Waals surface area contributed by atoms with Crippen LogP contribution >= 0.6 is 23.2 Å². The molecule has 0 aromatic heterocycles. The van der Waals surface area contributed by atoms with E-state index >= 15 is 0 Å². The highest BCUT2D eigenvalue weighted by atomic mass is 35.5. The molecule has 1 amide bonds. The van der Waals surface area contributed by atoms with E-state index in [1.54, 1.807) is 43.4 Å². The Bertz CT molecular complexity index is 803. The third-order valence-corrected chi connectivity index (χ3v) is 5.25. The first kappa shape index (κ1) is 24.0. The predicted molar refractivity (Wildman–Crippen MR) is 120 cm³/mol. The summed E-state index contributed by atoms with van der Waals surface area (Å²) in [7, 11) is 3.18. The van der Waals surface area contributed by atoms with Crippen molar-refractivity contribution in [3.8, 4) is 11.5 Å². The molecular weight excluding hydrogens is 425 g/mol. The van der Waals surface area contributed by atoms with Crippen molar-refractivity contribution >= 4 is 34.9 Å². The number of ketones is 1. The van der Waals surface area contributed by atoms with Crippen LogP contribution in [0.5, 0.6) is 11.5 Å². The molecular formula is C23H27Cl2NO4. The van der Waals surface area contributed by atoms with Crippen molar-refractivity contribution in [3.63, 3.8) is 0 Å². The van der Waals surface area contributed by atoms with Crippen molar-refractivity contribution in [2.45, 2.75) is 18.8 Å². The fourth-order valence-electron chi connectivity index (χ4n) is 3.21. The number of amides is 1. The largest absolute Gasteiger partial charge is 0.497 e. The standard InChI is InChI=1S/C23H27Cl2NO4/c1-29-20-7-3-17(4-8-20)19(16-23(28)26(13-11-24)14-12-25)15-22(27)18-5-9-21(30-2)10-6-18/h3-10,19H,11-16H2,1-2H3. The molecule has 0 N–H and O–H groups in total. The number of ether oxygens (including phenoxy) is 2. The molecule has 0 saturated heterocycles. The summed E-state index contributed by atoms with van der Waals surface area (Å²) in [5.41, 5.74) is 1.49. The molecule has 0 saturated carbocycles. The van der Waals surface area contributed by atoms with Gasteiger partial charge in [0.1, 0.15) is 11.5 Å². The summed E-state index contributed by atoms with van der Waals surface area (Å²) in [6.07, 6.45) is 0.405. The smallest absolute Gasteiger partial charge is 0.223 e. The van der Waals surface area contributed by atoms with Crippen LogP contribution in [-0.2, 0) is 4.79 Å². The lowest BCUT2D eigenvalue weighted by Gasteiger charge is -2.24. The molecule has 0 aliphatic carbocycles. The van der Waals surface area contributed by atoms with Crippen molar-refractivity contribution in [3.05, 3.63) is 59.7 Å². The van der Waals surface area contributed by atoms with Crippen molar-refractivity contribution in [1.29, 1.82) is 0 Å². The molecule has 2 aromatic carbocycles. The van der Waals surface area contributed by atoms with E-state index in [9.17, 15) is 9.59 Å². The number of carbonyl (C=O) groups is 2. The van der Waals surface area contributed by atoms with Gasteiger partial charge in [0.25, 0.3) is 0 Å². The number of Topliss-reactive ketones (excluding diaryl/α,β-unsaturated/α-hetero) is 1. The van der Waals surface area contributed by atoms with Gasteiger partial charge in [-0.05, 0) is 47.9 Å². The van der Waals surface area contributed by atoms with Gasteiger partial charge in [0.2, 0.25) is 5.91 Å². The predicted octanol–water partition coefficient (Wildman–Crippen LogP) is 4.76. The molecule has 0 fully saturated rings. The van der Waals surface area contributed by atoms with Crippen LogP contribution in [0.15, 0.2) is 48.5 Å². The Morgan fingerprint density at radius 2 is 1.33 bits per heavy atom. The molecule has 0 spiro atoms. The number of rotatable bonds is 12. The third kappa shape index (κ3) is 6.92. The Kier molecular flexibility index (Phi) is 9.98. The monoisotopic (exact) mass is 451 g/mol. The van der Waals surface area contributed by atoms with Crippen LogP contribution in [0.3, 0.4) is 0 Å². The Morgan fingerprint density at radius 1 is 0.833 bits per heavy atom. The van der Waals surface area contributed by atoms with E-state index in [1.165, 1.54) is 0 Å². The van der Waals surface area contributed by atoms with Gasteiger partial charge in [0.15, 0.2) is 5.78 Å². The molecule has 5 nitrogen and oxygen atoms in total. The lowest BCUT2D eigenvalue weighted by atomic mass is 9.88. The summed E-state index contributed by atoms with van der Waals surface area (Å²) in [6, 6.07) is 14.4. The van der Waals surface area contributed by atoms with E-state index in [4.69, 9.17) is 32.7 Å². The highest BCUT2D eigenvalue weighted by molar-refractivity contribution is 6.18. The molecule has 30 heavy (non-hydrogen) atoms. The van der Waals surface area contributed by atoms with Gasteiger partial charge in [-0.25, -0.2) is 0 Å². The van der Waals surface area contributed by atoms with E-state index in [2.05, 4.69) is 0 Å². The topological polar surface area (TPSA) is 55.8 Å². The molecule has 7 heteroatoms. The lowest BCUT2D eigenvalue weighted by Crippen LogP contribution is -2.35. The highest BCUT2D eigenvalue weighted by Crippen LogP contribution is 2.28. The number of hydrogen-bond donors (Lipinski definition) is 0. The van der Waals surface area contributed by atoms with Gasteiger partial charge in [-0.15, -0.1) is 23.2 Å². The van der Waals surface area contributed by atoms with Gasteiger partial charge in [0.05, 0.1) is 14.2 Å². The van der Waals surface area contributed by atoms with E-state index < -0.39 is 0 Å². The zero-order valence-electron chi connectivity index (χ0n) is 17.3. The average molecular weight is 452 g/mol. The van der Waals surface area contributed by atoms with E-state index in [-0.39, 0.29) is 30.4 Å². The molecule has 0 radical (unpaired) electrons. The second kappa shape index (κ2) is 12.5. The fourth-order valence-corrected chi connectivity index (χ4v) is 3.62. The van der Waals surface area contributed by atoms with Gasteiger partial charge >= 0.3 is 0 Å². The second-order valence-corrected chi connectivity index (χ2v) is 7.54.